The fourth-order valence-corrected chi connectivity index (χ4v) is 4.38. The zero-order valence-electron chi connectivity index (χ0n) is 15.6. The minimum atomic E-state index is -4.93. The molecule has 0 aliphatic rings. The van der Waals surface area contributed by atoms with Crippen molar-refractivity contribution in [2.24, 2.45) is 0 Å². The lowest BCUT2D eigenvalue weighted by atomic mass is 9.95. The molecule has 32 heavy (non-hydrogen) atoms. The number of carbonyl (C=O) groups is 3. The van der Waals surface area contributed by atoms with E-state index in [0.29, 0.717) is 6.07 Å². The van der Waals surface area contributed by atoms with Crippen LogP contribution in [-0.4, -0.2) is 53.9 Å². The molecule has 0 saturated heterocycles. The van der Waals surface area contributed by atoms with Crippen molar-refractivity contribution in [3.8, 4) is 0 Å². The van der Waals surface area contributed by atoms with E-state index in [0.717, 1.165) is 42.5 Å². The van der Waals surface area contributed by atoms with Crippen LogP contribution in [-0.2, 0) is 20.2 Å². The lowest BCUT2D eigenvalue weighted by Gasteiger charge is -2.10. The molecule has 0 saturated carbocycles. The summed E-state index contributed by atoms with van der Waals surface area (Å²) < 4.78 is 65.1. The molecule has 0 fully saturated rings. The number of carbonyl (C=O) groups excluding carboxylic acids is 1. The van der Waals surface area contributed by atoms with Crippen LogP contribution >= 0.6 is 0 Å². The number of fused-ring (bicyclic) bond motifs is 1. The van der Waals surface area contributed by atoms with Crippen LogP contribution < -0.4 is 0 Å². The predicted octanol–water partition coefficient (Wildman–Crippen LogP) is 1.96. The van der Waals surface area contributed by atoms with E-state index in [1.165, 1.54) is 0 Å². The van der Waals surface area contributed by atoms with Crippen LogP contribution in [0, 0.1) is 0 Å². The third kappa shape index (κ3) is 4.36. The summed E-state index contributed by atoms with van der Waals surface area (Å²) in [6, 6.07) is 7.35. The Bertz CT molecular complexity index is 1530. The van der Waals surface area contributed by atoms with E-state index < -0.39 is 58.9 Å². The molecule has 0 atom stereocenters. The highest BCUT2D eigenvalue weighted by atomic mass is 32.2. The second kappa shape index (κ2) is 7.80. The Balaban J connectivity index is 2.30. The van der Waals surface area contributed by atoms with E-state index in [2.05, 4.69) is 0 Å². The molecule has 3 rings (SSSR count). The van der Waals surface area contributed by atoms with Crippen molar-refractivity contribution in [1.29, 1.82) is 0 Å². The maximum absolute atomic E-state index is 13.0. The van der Waals surface area contributed by atoms with Crippen molar-refractivity contribution >= 4 is 48.7 Å². The van der Waals surface area contributed by atoms with Crippen LogP contribution in [0.1, 0.15) is 36.6 Å². The molecule has 13 heteroatoms. The molecule has 0 spiro atoms. The van der Waals surface area contributed by atoms with Crippen molar-refractivity contribution < 1.29 is 50.5 Å². The van der Waals surface area contributed by atoms with E-state index >= 15 is 0 Å². The molecule has 0 radical (unpaired) electrons. The highest BCUT2D eigenvalue weighted by Gasteiger charge is 2.23. The largest absolute Gasteiger partial charge is 0.478 e. The summed E-state index contributed by atoms with van der Waals surface area (Å²) in [5.74, 6) is -3.86. The Morgan fingerprint density at radius 3 is 1.81 bits per heavy atom. The van der Waals surface area contributed by atoms with Crippen molar-refractivity contribution in [1.82, 2.24) is 0 Å². The smallest absolute Gasteiger partial charge is 0.336 e. The van der Waals surface area contributed by atoms with Crippen molar-refractivity contribution in [2.45, 2.75) is 9.79 Å². The number of benzene rings is 3. The fourth-order valence-electron chi connectivity index (χ4n) is 3.02. The molecule has 0 aliphatic heterocycles. The number of ketones is 1. The lowest BCUT2D eigenvalue weighted by Crippen LogP contribution is -2.12. The Hall–Kier alpha value is -3.65. The van der Waals surface area contributed by atoms with Gasteiger partial charge in [0.15, 0.2) is 5.78 Å². The fraction of sp³-hybridized carbons (Fsp3) is 0. The first-order valence-corrected chi connectivity index (χ1v) is 11.3. The van der Waals surface area contributed by atoms with Crippen LogP contribution in [0.15, 0.2) is 58.3 Å². The van der Waals surface area contributed by atoms with Crippen LogP contribution in [0.5, 0.6) is 0 Å². The van der Waals surface area contributed by atoms with Gasteiger partial charge in [-0.1, -0.05) is 12.1 Å². The number of hydrogen-bond donors (Lipinski definition) is 4. The molecular formula is C19H12O11S2. The molecule has 0 aromatic heterocycles. The van der Waals surface area contributed by atoms with Gasteiger partial charge in [-0.25, -0.2) is 9.59 Å². The molecule has 0 heterocycles. The van der Waals surface area contributed by atoms with Gasteiger partial charge in [0.1, 0.15) is 4.90 Å². The molecule has 3 aromatic carbocycles. The number of hydrogen-bond acceptors (Lipinski definition) is 7. The van der Waals surface area contributed by atoms with Gasteiger partial charge in [0.25, 0.3) is 20.2 Å². The zero-order valence-corrected chi connectivity index (χ0v) is 17.2. The quantitative estimate of drug-likeness (QED) is 0.297. The maximum atomic E-state index is 13.0. The second-order valence-corrected chi connectivity index (χ2v) is 9.32. The van der Waals surface area contributed by atoms with Gasteiger partial charge in [-0.2, -0.15) is 16.8 Å². The van der Waals surface area contributed by atoms with Gasteiger partial charge in [-0.15, -0.1) is 0 Å². The van der Waals surface area contributed by atoms with Gasteiger partial charge in [-0.3, -0.25) is 13.9 Å². The Kier molecular flexibility index (Phi) is 5.61. The normalized spacial score (nSPS) is 11.9. The summed E-state index contributed by atoms with van der Waals surface area (Å²) in [6.07, 6.45) is 0. The molecule has 3 aromatic rings. The Labute approximate surface area is 180 Å². The molecule has 0 amide bonds. The first kappa shape index (κ1) is 23.0. The zero-order chi connectivity index (χ0) is 24.0. The van der Waals surface area contributed by atoms with Crippen LogP contribution in [0.4, 0.5) is 0 Å². The van der Waals surface area contributed by atoms with Crippen molar-refractivity contribution in [3.05, 3.63) is 70.8 Å². The first-order chi connectivity index (χ1) is 14.7. The molecule has 4 N–H and O–H groups in total. The van der Waals surface area contributed by atoms with E-state index in [4.69, 9.17) is 5.11 Å². The highest BCUT2D eigenvalue weighted by Crippen LogP contribution is 2.29. The van der Waals surface area contributed by atoms with Crippen LogP contribution in [0.2, 0.25) is 0 Å². The molecular weight excluding hydrogens is 468 g/mol. The number of aromatic carboxylic acids is 2. The number of carboxylic acids is 2. The van der Waals surface area contributed by atoms with E-state index in [-0.39, 0.29) is 21.9 Å². The van der Waals surface area contributed by atoms with Crippen molar-refractivity contribution in [2.75, 3.05) is 0 Å². The van der Waals surface area contributed by atoms with E-state index in [9.17, 15) is 45.4 Å². The average Bonchev–Trinajstić information content (AvgIpc) is 2.69. The SMILES string of the molecule is O=C(O)c1ccc(C(=O)O)c(C(=O)c2ccc3c(S(=O)(=O)O)cc(S(=O)(=O)O)cc3c2)c1. The summed E-state index contributed by atoms with van der Waals surface area (Å²) in [5, 5.41) is 18.1. The number of rotatable bonds is 6. The summed E-state index contributed by atoms with van der Waals surface area (Å²) >= 11 is 0. The predicted molar refractivity (Wildman–Crippen MR) is 107 cm³/mol. The average molecular weight is 480 g/mol. The summed E-state index contributed by atoms with van der Waals surface area (Å²) in [7, 11) is -9.83. The Morgan fingerprint density at radius 1 is 0.656 bits per heavy atom. The molecule has 166 valence electrons. The molecule has 0 bridgehead atoms. The first-order valence-electron chi connectivity index (χ1n) is 8.38. The summed E-state index contributed by atoms with van der Waals surface area (Å²) in [6.45, 7) is 0. The van der Waals surface area contributed by atoms with Gasteiger partial charge < -0.3 is 10.2 Å². The second-order valence-electron chi connectivity index (χ2n) is 6.51. The summed E-state index contributed by atoms with van der Waals surface area (Å²) in [4.78, 5) is 33.9. The standard InChI is InChI=1S/C19H12O11S2/c20-17(15-7-10(18(21)22)2-4-14(15)19(23)24)9-1-3-13-11(5-9)6-12(31(25,26)27)8-16(13)32(28,29)30/h1-8H,(H,21,22)(H,23,24)(H,25,26,27)(H,28,29,30). The minimum absolute atomic E-state index is 0.186. The van der Waals surface area contributed by atoms with Gasteiger partial charge in [0.05, 0.1) is 16.0 Å². The van der Waals surface area contributed by atoms with Gasteiger partial charge in [0.2, 0.25) is 0 Å². The topological polar surface area (TPSA) is 200 Å². The van der Waals surface area contributed by atoms with Crippen LogP contribution in [0.25, 0.3) is 10.8 Å². The molecule has 11 nitrogen and oxygen atoms in total. The third-order valence-corrected chi connectivity index (χ3v) is 6.19. The third-order valence-electron chi connectivity index (χ3n) is 4.47. The van der Waals surface area contributed by atoms with Crippen molar-refractivity contribution in [3.63, 3.8) is 0 Å². The lowest BCUT2D eigenvalue weighted by molar-refractivity contribution is 0.0679. The minimum Gasteiger partial charge on any atom is -0.478 e. The number of carboxylic acid groups (broad SMARTS) is 2. The van der Waals surface area contributed by atoms with Gasteiger partial charge >= 0.3 is 11.9 Å². The Morgan fingerprint density at radius 2 is 1.28 bits per heavy atom. The van der Waals surface area contributed by atoms with Gasteiger partial charge in [-0.05, 0) is 41.8 Å². The maximum Gasteiger partial charge on any atom is 0.336 e. The molecule has 0 unspecified atom stereocenters. The van der Waals surface area contributed by atoms with Gasteiger partial charge in [0, 0.05) is 16.5 Å². The summed E-state index contributed by atoms with van der Waals surface area (Å²) in [5.41, 5.74) is -1.57. The van der Waals surface area contributed by atoms with E-state index in [1.54, 1.807) is 0 Å². The van der Waals surface area contributed by atoms with E-state index in [1.807, 2.05) is 0 Å². The highest BCUT2D eigenvalue weighted by molar-refractivity contribution is 7.86. The van der Waals surface area contributed by atoms with Crippen LogP contribution in [0.3, 0.4) is 0 Å². The monoisotopic (exact) mass is 480 g/mol. The molecule has 0 aliphatic carbocycles.